The van der Waals surface area contributed by atoms with Gasteiger partial charge in [0, 0.05) is 50.5 Å². The Kier molecular flexibility index (Phi) is 9.93. The van der Waals surface area contributed by atoms with Crippen LogP contribution in [0.3, 0.4) is 0 Å². The molecule has 1 aromatic carbocycles. The molecule has 254 valence electrons. The van der Waals surface area contributed by atoms with Crippen LogP contribution in [-0.4, -0.2) is 82.1 Å². The number of anilines is 2. The van der Waals surface area contributed by atoms with Crippen molar-refractivity contribution in [3.05, 3.63) is 69.9 Å². The molecule has 2 aromatic heterocycles. The molecule has 1 amide bonds. The number of benzene rings is 1. The van der Waals surface area contributed by atoms with E-state index >= 15 is 0 Å². The fourth-order valence-corrected chi connectivity index (χ4v) is 5.66. The van der Waals surface area contributed by atoms with Gasteiger partial charge in [-0.15, -0.1) is 0 Å². The van der Waals surface area contributed by atoms with Crippen LogP contribution in [0, 0.1) is 0 Å². The summed E-state index contributed by atoms with van der Waals surface area (Å²) < 4.78 is 92.1. The van der Waals surface area contributed by atoms with Crippen LogP contribution in [0.15, 0.2) is 47.7 Å². The Morgan fingerprint density at radius 3 is 2.19 bits per heavy atom. The van der Waals surface area contributed by atoms with Crippen LogP contribution < -0.4 is 20.5 Å². The molecule has 2 unspecified atom stereocenters. The highest BCUT2D eigenvalue weighted by Crippen LogP contribution is 2.33. The van der Waals surface area contributed by atoms with Gasteiger partial charge in [0.1, 0.15) is 17.4 Å². The van der Waals surface area contributed by atoms with Gasteiger partial charge in [-0.1, -0.05) is 12.1 Å². The number of alkyl halides is 6. The first kappa shape index (κ1) is 33.9. The number of rotatable bonds is 10. The van der Waals surface area contributed by atoms with Gasteiger partial charge in [0.15, 0.2) is 0 Å². The van der Waals surface area contributed by atoms with Gasteiger partial charge in [-0.25, -0.2) is 14.6 Å². The summed E-state index contributed by atoms with van der Waals surface area (Å²) in [5.41, 5.74) is -3.55. The van der Waals surface area contributed by atoms with Crippen molar-refractivity contribution in [3.63, 3.8) is 0 Å². The van der Waals surface area contributed by atoms with Crippen molar-refractivity contribution in [1.29, 1.82) is 0 Å². The van der Waals surface area contributed by atoms with E-state index in [1.165, 1.54) is 7.11 Å². The number of nitrogens with zero attached hydrogens (tertiary/aromatic N) is 6. The lowest BCUT2D eigenvalue weighted by atomic mass is 10.0. The van der Waals surface area contributed by atoms with E-state index in [1.54, 1.807) is 41.0 Å². The van der Waals surface area contributed by atoms with E-state index in [2.05, 4.69) is 20.4 Å². The molecule has 2 fully saturated rings. The smallest absolute Gasteiger partial charge is 0.423 e. The summed E-state index contributed by atoms with van der Waals surface area (Å²) in [4.78, 5) is 37.2. The maximum Gasteiger partial charge on any atom is 0.423 e. The first-order chi connectivity index (χ1) is 22.2. The maximum atomic E-state index is 14.0. The lowest BCUT2D eigenvalue weighted by molar-refractivity contribution is -0.139. The number of amides is 1. The summed E-state index contributed by atoms with van der Waals surface area (Å²) in [5.74, 6) is 0.508. The second-order valence-electron chi connectivity index (χ2n) is 11.4. The number of hydrogen-bond acceptors (Lipinski definition) is 9. The molecule has 0 bridgehead atoms. The van der Waals surface area contributed by atoms with Crippen molar-refractivity contribution in [1.82, 2.24) is 24.6 Å². The minimum absolute atomic E-state index is 0.109. The molecule has 0 radical (unpaired) electrons. The lowest BCUT2D eigenvalue weighted by Crippen LogP contribution is -2.47. The first-order valence-corrected chi connectivity index (χ1v) is 14.9. The van der Waals surface area contributed by atoms with Crippen LogP contribution in [-0.2, 0) is 28.4 Å². The third kappa shape index (κ3) is 7.94. The third-order valence-corrected chi connectivity index (χ3v) is 8.11. The predicted molar refractivity (Wildman–Crippen MR) is 157 cm³/mol. The number of carbonyl (C=O) groups excluding carboxylic acids is 1. The zero-order chi connectivity index (χ0) is 33.9. The number of halogens is 6. The standard InChI is InChI=1S/C30H33F6N7O4/c1-18(40-23-15-39-43(27(45)25(23)30(34,35)36)16-19-3-5-22(46-2)6-4-19)17-47-24-9-12-42(26(24)44)21-7-10-41(11-8-21)28-37-13-20(14-38-28)29(31,32)33/h3-6,13-15,18,21,24,40H,7-12,16-17H2,1-2H3. The van der Waals surface area contributed by atoms with E-state index in [1.807, 2.05) is 0 Å². The molecule has 5 rings (SSSR count). The number of likely N-dealkylation sites (tertiary alicyclic amines) is 1. The number of aromatic nitrogens is 4. The number of methoxy groups -OCH3 is 1. The highest BCUT2D eigenvalue weighted by molar-refractivity contribution is 5.83. The SMILES string of the molecule is COc1ccc(Cn2ncc(NC(C)COC3CCN(C4CCN(c5ncc(C(F)(F)F)cn5)CC4)C3=O)c(C(F)(F)F)c2=O)cc1. The Labute approximate surface area is 265 Å². The molecule has 4 heterocycles. The predicted octanol–water partition coefficient (Wildman–Crippen LogP) is 4.21. The van der Waals surface area contributed by atoms with Crippen molar-refractivity contribution in [2.24, 2.45) is 0 Å². The molecule has 2 saturated heterocycles. The van der Waals surface area contributed by atoms with Crippen LogP contribution in [0.2, 0.25) is 0 Å². The van der Waals surface area contributed by atoms with E-state index < -0.39 is 46.9 Å². The van der Waals surface area contributed by atoms with Crippen molar-refractivity contribution >= 4 is 17.5 Å². The summed E-state index contributed by atoms with van der Waals surface area (Å²) in [6.07, 6.45) is -6.33. The van der Waals surface area contributed by atoms with Gasteiger partial charge < -0.3 is 24.6 Å². The molecule has 0 aliphatic carbocycles. The Morgan fingerprint density at radius 2 is 1.60 bits per heavy atom. The van der Waals surface area contributed by atoms with Crippen LogP contribution in [0.5, 0.6) is 5.75 Å². The van der Waals surface area contributed by atoms with E-state index in [-0.39, 0.29) is 31.0 Å². The number of nitrogens with one attached hydrogen (secondary N) is 1. The molecule has 0 spiro atoms. The molecule has 17 heteroatoms. The monoisotopic (exact) mass is 669 g/mol. The van der Waals surface area contributed by atoms with Crippen molar-refractivity contribution in [3.8, 4) is 5.75 Å². The maximum absolute atomic E-state index is 14.0. The normalized spacial score (nSPS) is 18.5. The van der Waals surface area contributed by atoms with E-state index in [0.29, 0.717) is 50.2 Å². The van der Waals surface area contributed by atoms with Gasteiger partial charge in [0.25, 0.3) is 11.5 Å². The number of carbonyl (C=O) groups is 1. The molecule has 0 saturated carbocycles. The van der Waals surface area contributed by atoms with Crippen LogP contribution in [0.25, 0.3) is 0 Å². The molecule has 11 nitrogen and oxygen atoms in total. The fraction of sp³-hybridized carbons (Fsp3) is 0.500. The summed E-state index contributed by atoms with van der Waals surface area (Å²) in [5, 5.41) is 6.61. The molecule has 2 aliphatic heterocycles. The zero-order valence-electron chi connectivity index (χ0n) is 25.5. The van der Waals surface area contributed by atoms with Gasteiger partial charge >= 0.3 is 12.4 Å². The first-order valence-electron chi connectivity index (χ1n) is 14.9. The zero-order valence-corrected chi connectivity index (χ0v) is 25.5. The van der Waals surface area contributed by atoms with Crippen molar-refractivity contribution in [2.45, 2.75) is 63.3 Å². The third-order valence-electron chi connectivity index (χ3n) is 8.11. The summed E-state index contributed by atoms with van der Waals surface area (Å²) in [6.45, 7) is 2.61. The van der Waals surface area contributed by atoms with Gasteiger partial charge in [-0.2, -0.15) is 31.4 Å². The van der Waals surface area contributed by atoms with Crippen LogP contribution >= 0.6 is 0 Å². The van der Waals surface area contributed by atoms with E-state index in [4.69, 9.17) is 9.47 Å². The van der Waals surface area contributed by atoms with Gasteiger partial charge in [-0.3, -0.25) is 9.59 Å². The lowest BCUT2D eigenvalue weighted by Gasteiger charge is -2.36. The van der Waals surface area contributed by atoms with E-state index in [9.17, 15) is 35.9 Å². The van der Waals surface area contributed by atoms with Gasteiger partial charge in [0.05, 0.1) is 37.7 Å². The largest absolute Gasteiger partial charge is 0.497 e. The van der Waals surface area contributed by atoms with Crippen molar-refractivity contribution in [2.75, 3.05) is 43.6 Å². The number of hydrogen-bond donors (Lipinski definition) is 1. The molecule has 2 aliphatic rings. The minimum atomic E-state index is -4.96. The quantitative estimate of drug-likeness (QED) is 0.317. The topological polar surface area (TPSA) is 115 Å². The second kappa shape index (κ2) is 13.8. The van der Waals surface area contributed by atoms with Crippen LogP contribution in [0.1, 0.15) is 42.9 Å². The Balaban J connectivity index is 1.14. The minimum Gasteiger partial charge on any atom is -0.497 e. The highest BCUT2D eigenvalue weighted by Gasteiger charge is 2.40. The second-order valence-corrected chi connectivity index (χ2v) is 11.4. The van der Waals surface area contributed by atoms with Gasteiger partial charge in [0.2, 0.25) is 5.95 Å². The summed E-state index contributed by atoms with van der Waals surface area (Å²) in [6, 6.07) is 5.69. The fourth-order valence-electron chi connectivity index (χ4n) is 5.66. The molecule has 47 heavy (non-hydrogen) atoms. The average molecular weight is 670 g/mol. The average Bonchev–Trinajstić information content (AvgIpc) is 3.40. The Bertz CT molecular complexity index is 1590. The summed E-state index contributed by atoms with van der Waals surface area (Å²) >= 11 is 0. The molecule has 1 N–H and O–H groups in total. The molecular formula is C30H33F6N7O4. The van der Waals surface area contributed by atoms with Gasteiger partial charge in [-0.05, 0) is 37.5 Å². The Morgan fingerprint density at radius 1 is 0.936 bits per heavy atom. The van der Waals surface area contributed by atoms with Crippen molar-refractivity contribution < 1.29 is 40.6 Å². The number of ether oxygens (including phenoxy) is 2. The highest BCUT2D eigenvalue weighted by atomic mass is 19.4. The summed E-state index contributed by atoms with van der Waals surface area (Å²) in [7, 11) is 1.48. The Hall–Kier alpha value is -4.41. The molecule has 3 aromatic rings. The van der Waals surface area contributed by atoms with E-state index in [0.717, 1.165) is 23.3 Å². The number of piperidine rings is 1. The molecule has 2 atom stereocenters. The molecular weight excluding hydrogens is 636 g/mol. The van der Waals surface area contributed by atoms with Crippen LogP contribution in [0.4, 0.5) is 38.0 Å².